The molecule has 0 unspecified atom stereocenters. The first-order chi connectivity index (χ1) is 19.5. The van der Waals surface area contributed by atoms with E-state index in [1.807, 2.05) is 0 Å². The monoisotopic (exact) mass is 568 g/mol. The zero-order valence-electron chi connectivity index (χ0n) is 27.3. The molecule has 0 heterocycles. The van der Waals surface area contributed by atoms with Gasteiger partial charge in [0.2, 0.25) is 0 Å². The van der Waals surface area contributed by atoms with Crippen LogP contribution in [0.1, 0.15) is 195 Å². The largest absolute Gasteiger partial charge is 0.462 e. The number of nitrogens with two attached hydrogens (primary N) is 1. The number of rotatable bonds is 30. The second kappa shape index (κ2) is 29.4. The lowest BCUT2D eigenvalue weighted by molar-refractivity contribution is -0.153. The van der Waals surface area contributed by atoms with Gasteiger partial charge in [-0.1, -0.05) is 130 Å². The molecule has 0 spiro atoms. The fourth-order valence-electron chi connectivity index (χ4n) is 5.31. The molecule has 2 N–H and O–H groups in total. The van der Waals surface area contributed by atoms with Crippen LogP contribution in [0.25, 0.3) is 0 Å². The zero-order chi connectivity index (χ0) is 29.7. The van der Waals surface area contributed by atoms with Crippen LogP contribution in [0.2, 0.25) is 0 Å². The van der Waals surface area contributed by atoms with Gasteiger partial charge in [0.15, 0.2) is 0 Å². The van der Waals surface area contributed by atoms with Crippen molar-refractivity contribution in [2.45, 2.75) is 213 Å². The van der Waals surface area contributed by atoms with E-state index >= 15 is 0 Å². The Morgan fingerprint density at radius 3 is 1.15 bits per heavy atom. The highest BCUT2D eigenvalue weighted by atomic mass is 16.5. The molecule has 40 heavy (non-hydrogen) atoms. The van der Waals surface area contributed by atoms with Crippen LogP contribution in [-0.2, 0) is 19.1 Å². The summed E-state index contributed by atoms with van der Waals surface area (Å²) in [5.74, 6) is -0.581. The summed E-state index contributed by atoms with van der Waals surface area (Å²) in [4.78, 5) is 25.5. The molecule has 5 nitrogen and oxygen atoms in total. The molecule has 0 saturated heterocycles. The fraction of sp³-hybridized carbons (Fsp3) is 0.943. The molecule has 0 bridgehead atoms. The number of unbranched alkanes of at least 4 members (excludes halogenated alkanes) is 16. The Hall–Kier alpha value is -1.10. The van der Waals surface area contributed by atoms with Crippen molar-refractivity contribution in [3.8, 4) is 0 Å². The maximum absolute atomic E-state index is 12.8. The van der Waals surface area contributed by atoms with Crippen molar-refractivity contribution in [3.05, 3.63) is 0 Å². The molecule has 0 aromatic carbocycles. The first kappa shape index (κ1) is 38.9. The minimum absolute atomic E-state index is 0.0104. The molecule has 1 atom stereocenters. The summed E-state index contributed by atoms with van der Waals surface area (Å²) in [6.45, 7) is 8.90. The molecule has 0 fully saturated rings. The lowest BCUT2D eigenvalue weighted by Crippen LogP contribution is -2.35. The van der Waals surface area contributed by atoms with Gasteiger partial charge in [0.25, 0.3) is 0 Å². The van der Waals surface area contributed by atoms with Gasteiger partial charge in [0, 0.05) is 6.42 Å². The molecule has 0 aliphatic rings. The number of ether oxygens (including phenoxy) is 2. The van der Waals surface area contributed by atoms with Crippen molar-refractivity contribution in [2.75, 3.05) is 0 Å². The summed E-state index contributed by atoms with van der Waals surface area (Å²) in [5, 5.41) is 0. The highest BCUT2D eigenvalue weighted by Gasteiger charge is 2.22. The van der Waals surface area contributed by atoms with E-state index in [1.54, 1.807) is 0 Å². The molecular formula is C35H69NO4. The van der Waals surface area contributed by atoms with Crippen molar-refractivity contribution in [1.29, 1.82) is 0 Å². The fourth-order valence-corrected chi connectivity index (χ4v) is 5.31. The number of esters is 2. The van der Waals surface area contributed by atoms with Gasteiger partial charge >= 0.3 is 11.9 Å². The summed E-state index contributed by atoms with van der Waals surface area (Å²) < 4.78 is 11.8. The van der Waals surface area contributed by atoms with E-state index in [4.69, 9.17) is 15.2 Å². The second-order valence-corrected chi connectivity index (χ2v) is 12.1. The number of carbonyl (C=O) groups excluding carboxylic acids is 2. The van der Waals surface area contributed by atoms with E-state index in [1.165, 1.54) is 103 Å². The molecule has 0 aromatic heterocycles. The van der Waals surface area contributed by atoms with Gasteiger partial charge in [-0.2, -0.15) is 0 Å². The Labute approximate surface area is 249 Å². The predicted octanol–water partition coefficient (Wildman–Crippen LogP) is 10.4. The first-order valence-electron chi connectivity index (χ1n) is 17.6. The lowest BCUT2D eigenvalue weighted by Gasteiger charge is -2.21. The molecule has 5 heteroatoms. The van der Waals surface area contributed by atoms with Crippen LogP contribution in [-0.4, -0.2) is 30.2 Å². The molecule has 238 valence electrons. The van der Waals surface area contributed by atoms with Crippen LogP contribution < -0.4 is 5.73 Å². The predicted molar refractivity (Wildman–Crippen MR) is 170 cm³/mol. The standard InChI is InChI=1S/C35H69NO4/c1-5-9-13-17-21-25-31(26-22-18-14-10-6-2)39-34(37)30-29-33(36)35(38)40-32(27-23-19-15-11-7-3)28-24-20-16-12-8-4/h31-33H,5-30,36H2,1-4H3/t33-/m0/s1. The van der Waals surface area contributed by atoms with E-state index in [9.17, 15) is 9.59 Å². The molecule has 0 amide bonds. The maximum atomic E-state index is 12.8. The van der Waals surface area contributed by atoms with Crippen LogP contribution >= 0.6 is 0 Å². The second-order valence-electron chi connectivity index (χ2n) is 12.1. The quantitative estimate of drug-likeness (QED) is 0.0690. The minimum Gasteiger partial charge on any atom is -0.462 e. The van der Waals surface area contributed by atoms with Gasteiger partial charge < -0.3 is 15.2 Å². The Bertz CT molecular complexity index is 540. The van der Waals surface area contributed by atoms with Gasteiger partial charge in [-0.3, -0.25) is 9.59 Å². The molecule has 0 radical (unpaired) electrons. The Morgan fingerprint density at radius 2 is 0.800 bits per heavy atom. The molecule has 0 saturated carbocycles. The van der Waals surface area contributed by atoms with Gasteiger partial charge in [0.05, 0.1) is 0 Å². The van der Waals surface area contributed by atoms with Gasteiger partial charge in [-0.15, -0.1) is 0 Å². The van der Waals surface area contributed by atoms with E-state index in [2.05, 4.69) is 27.7 Å². The van der Waals surface area contributed by atoms with Crippen LogP contribution in [0.4, 0.5) is 0 Å². The normalized spacial score (nSPS) is 12.3. The van der Waals surface area contributed by atoms with E-state index in [0.717, 1.165) is 51.4 Å². The smallest absolute Gasteiger partial charge is 0.323 e. The Kier molecular flexibility index (Phi) is 28.6. The van der Waals surface area contributed by atoms with Crippen molar-refractivity contribution in [1.82, 2.24) is 0 Å². The van der Waals surface area contributed by atoms with Crippen molar-refractivity contribution >= 4 is 11.9 Å². The van der Waals surface area contributed by atoms with Crippen LogP contribution in [0, 0.1) is 0 Å². The number of hydrogen-bond donors (Lipinski definition) is 1. The van der Waals surface area contributed by atoms with Gasteiger partial charge in [0.1, 0.15) is 18.2 Å². The molecule has 0 aliphatic heterocycles. The van der Waals surface area contributed by atoms with E-state index in [0.29, 0.717) is 0 Å². The Morgan fingerprint density at radius 1 is 0.475 bits per heavy atom. The van der Waals surface area contributed by atoms with Crippen molar-refractivity contribution < 1.29 is 19.1 Å². The molecule has 0 rings (SSSR count). The molecule has 0 aromatic rings. The number of hydrogen-bond acceptors (Lipinski definition) is 5. The third kappa shape index (κ3) is 24.7. The van der Waals surface area contributed by atoms with E-state index in [-0.39, 0.29) is 37.0 Å². The summed E-state index contributed by atoms with van der Waals surface area (Å²) in [6.07, 6.45) is 28.3. The van der Waals surface area contributed by atoms with Crippen molar-refractivity contribution in [2.24, 2.45) is 5.73 Å². The molecule has 0 aliphatic carbocycles. The zero-order valence-corrected chi connectivity index (χ0v) is 27.3. The summed E-state index contributed by atoms with van der Waals surface area (Å²) in [7, 11) is 0. The molecular weight excluding hydrogens is 498 g/mol. The highest BCUT2D eigenvalue weighted by molar-refractivity contribution is 5.77. The van der Waals surface area contributed by atoms with Gasteiger partial charge in [-0.25, -0.2) is 0 Å². The lowest BCUT2D eigenvalue weighted by atomic mass is 10.0. The third-order valence-corrected chi connectivity index (χ3v) is 8.06. The summed E-state index contributed by atoms with van der Waals surface area (Å²) >= 11 is 0. The minimum atomic E-state index is -0.767. The van der Waals surface area contributed by atoms with Crippen molar-refractivity contribution in [3.63, 3.8) is 0 Å². The van der Waals surface area contributed by atoms with E-state index < -0.39 is 6.04 Å². The third-order valence-electron chi connectivity index (χ3n) is 8.06. The van der Waals surface area contributed by atoms with Gasteiger partial charge in [-0.05, 0) is 57.8 Å². The summed E-state index contributed by atoms with van der Waals surface area (Å²) in [6, 6.07) is -0.767. The summed E-state index contributed by atoms with van der Waals surface area (Å²) in [5.41, 5.74) is 6.20. The number of carbonyl (C=O) groups is 2. The average Bonchev–Trinajstić information content (AvgIpc) is 2.94. The van der Waals surface area contributed by atoms with Crippen LogP contribution in [0.15, 0.2) is 0 Å². The average molecular weight is 568 g/mol. The first-order valence-corrected chi connectivity index (χ1v) is 17.6. The maximum Gasteiger partial charge on any atom is 0.323 e. The highest BCUT2D eigenvalue weighted by Crippen LogP contribution is 2.19. The Balaban J connectivity index is 4.62. The SMILES string of the molecule is CCCCCCCC(CCCCCCC)OC(=O)CC[C@H](N)C(=O)OC(CCCCCCC)CCCCCCC. The topological polar surface area (TPSA) is 78.6 Å². The van der Waals surface area contributed by atoms with Crippen LogP contribution in [0.3, 0.4) is 0 Å². The van der Waals surface area contributed by atoms with Crippen LogP contribution in [0.5, 0.6) is 0 Å².